The van der Waals surface area contributed by atoms with Gasteiger partial charge in [0, 0.05) is 22.6 Å². The molecule has 0 saturated heterocycles. The molecule has 1 N–H and O–H groups in total. The van der Waals surface area contributed by atoms with E-state index in [2.05, 4.69) is 52.4 Å². The van der Waals surface area contributed by atoms with Crippen LogP contribution in [0.5, 0.6) is 0 Å². The van der Waals surface area contributed by atoms with Crippen molar-refractivity contribution in [2.45, 2.75) is 19.9 Å². The van der Waals surface area contributed by atoms with Crippen molar-refractivity contribution >= 4 is 27.5 Å². The molecule has 1 rings (SSSR count). The predicted octanol–water partition coefficient (Wildman–Crippen LogP) is 4.24. The Balaban J connectivity index is 2.53. The summed E-state index contributed by atoms with van der Waals surface area (Å²) < 4.78 is 1.11. The lowest BCUT2D eigenvalue weighted by atomic mass is 10.1. The predicted molar refractivity (Wildman–Crippen MR) is 70.2 cm³/mol. The van der Waals surface area contributed by atoms with E-state index < -0.39 is 0 Å². The first kappa shape index (κ1) is 12.8. The summed E-state index contributed by atoms with van der Waals surface area (Å²) in [4.78, 5) is 0. The Morgan fingerprint density at radius 2 is 2.07 bits per heavy atom. The van der Waals surface area contributed by atoms with Gasteiger partial charge < -0.3 is 5.32 Å². The van der Waals surface area contributed by atoms with Gasteiger partial charge in [-0.1, -0.05) is 39.7 Å². The second-order valence-corrected chi connectivity index (χ2v) is 4.74. The van der Waals surface area contributed by atoms with E-state index in [9.17, 15) is 0 Å². The monoisotopic (exact) mass is 287 g/mol. The lowest BCUT2D eigenvalue weighted by molar-refractivity contribution is 0.607. The maximum Gasteiger partial charge on any atom is 0.0294 e. The maximum absolute atomic E-state index is 5.59. The summed E-state index contributed by atoms with van der Waals surface area (Å²) in [6, 6.07) is 8.67. The number of nitrogens with one attached hydrogen (secondary N) is 1. The molecule has 1 nitrogen and oxygen atoms in total. The molecule has 0 aliphatic carbocycles. The van der Waals surface area contributed by atoms with Crippen LogP contribution in [-0.4, -0.2) is 6.54 Å². The van der Waals surface area contributed by atoms with Gasteiger partial charge in [-0.3, -0.25) is 0 Å². The first-order chi connectivity index (χ1) is 7.13. The largest absolute Gasteiger partial charge is 0.306 e. The maximum atomic E-state index is 5.59. The highest BCUT2D eigenvalue weighted by Crippen LogP contribution is 2.16. The van der Waals surface area contributed by atoms with Crippen molar-refractivity contribution in [2.75, 3.05) is 6.54 Å². The Labute approximate surface area is 105 Å². The quantitative estimate of drug-likeness (QED) is 0.874. The minimum absolute atomic E-state index is 0.338. The molecule has 0 bridgehead atoms. The Morgan fingerprint density at radius 3 is 2.60 bits per heavy atom. The van der Waals surface area contributed by atoms with Gasteiger partial charge in [-0.15, -0.1) is 0 Å². The molecule has 0 amide bonds. The third-order valence-electron chi connectivity index (χ3n) is 2.24. The van der Waals surface area contributed by atoms with Crippen LogP contribution in [0.4, 0.5) is 0 Å². The highest BCUT2D eigenvalue weighted by molar-refractivity contribution is 9.10. The van der Waals surface area contributed by atoms with Crippen LogP contribution in [0.25, 0.3) is 0 Å². The first-order valence-corrected chi connectivity index (χ1v) is 6.11. The van der Waals surface area contributed by atoms with Crippen molar-refractivity contribution in [3.8, 4) is 0 Å². The van der Waals surface area contributed by atoms with Crippen LogP contribution in [0.2, 0.25) is 0 Å². The highest BCUT2D eigenvalue weighted by atomic mass is 79.9. The Morgan fingerprint density at radius 1 is 1.47 bits per heavy atom. The molecule has 0 saturated carbocycles. The van der Waals surface area contributed by atoms with Gasteiger partial charge >= 0.3 is 0 Å². The van der Waals surface area contributed by atoms with Crippen LogP contribution >= 0.6 is 27.5 Å². The van der Waals surface area contributed by atoms with Crippen LogP contribution in [0.15, 0.2) is 39.8 Å². The normalized spacial score (nSPS) is 14.0. The fraction of sp³-hybridized carbons (Fsp3) is 0.333. The molecule has 1 aromatic rings. The lowest BCUT2D eigenvalue weighted by Gasteiger charge is -2.14. The molecular formula is C12H15BrClN. The number of benzene rings is 1. The van der Waals surface area contributed by atoms with Gasteiger partial charge in [0.05, 0.1) is 0 Å². The molecule has 0 radical (unpaired) electrons. The van der Waals surface area contributed by atoms with E-state index in [4.69, 9.17) is 11.6 Å². The van der Waals surface area contributed by atoms with Crippen LogP contribution < -0.4 is 5.32 Å². The third-order valence-corrected chi connectivity index (χ3v) is 3.14. The molecule has 1 aromatic carbocycles. The molecule has 1 atom stereocenters. The summed E-state index contributed by atoms with van der Waals surface area (Å²) in [7, 11) is 0. The summed E-state index contributed by atoms with van der Waals surface area (Å²) in [5, 5.41) is 3.40. The lowest BCUT2D eigenvalue weighted by Crippen LogP contribution is -2.20. The number of rotatable bonds is 4. The fourth-order valence-electron chi connectivity index (χ4n) is 1.22. The standard InChI is InChI=1S/C12H15BrClN/c1-9(7-14)8-15-10(2)11-3-5-12(13)6-4-11/h3-7,10,15H,8H2,1-2H3/b9-7+/t10-/m1/s1. The molecule has 82 valence electrons. The molecular weight excluding hydrogens is 273 g/mol. The van der Waals surface area contributed by atoms with E-state index in [0.29, 0.717) is 6.04 Å². The zero-order valence-electron chi connectivity index (χ0n) is 8.93. The molecule has 0 unspecified atom stereocenters. The summed E-state index contributed by atoms with van der Waals surface area (Å²) in [6.45, 7) is 4.97. The van der Waals surface area contributed by atoms with Gasteiger partial charge in [-0.05, 0) is 37.1 Å². The number of hydrogen-bond acceptors (Lipinski definition) is 1. The van der Waals surface area contributed by atoms with Gasteiger partial charge in [0.25, 0.3) is 0 Å². The molecule has 0 aromatic heterocycles. The van der Waals surface area contributed by atoms with Crippen molar-refractivity contribution in [1.82, 2.24) is 5.32 Å². The van der Waals surface area contributed by atoms with Crippen molar-refractivity contribution in [3.63, 3.8) is 0 Å². The zero-order chi connectivity index (χ0) is 11.3. The van der Waals surface area contributed by atoms with Gasteiger partial charge in [-0.25, -0.2) is 0 Å². The summed E-state index contributed by atoms with van der Waals surface area (Å²) >= 11 is 9.02. The average molecular weight is 289 g/mol. The molecule has 3 heteroatoms. The van der Waals surface area contributed by atoms with Gasteiger partial charge in [0.2, 0.25) is 0 Å². The van der Waals surface area contributed by atoms with Crippen molar-refractivity contribution in [2.24, 2.45) is 0 Å². The van der Waals surface area contributed by atoms with Crippen LogP contribution in [0.1, 0.15) is 25.5 Å². The van der Waals surface area contributed by atoms with E-state index in [1.165, 1.54) is 5.56 Å². The van der Waals surface area contributed by atoms with E-state index in [1.54, 1.807) is 5.54 Å². The topological polar surface area (TPSA) is 12.0 Å². The van der Waals surface area contributed by atoms with Crippen LogP contribution in [-0.2, 0) is 0 Å². The van der Waals surface area contributed by atoms with E-state index in [-0.39, 0.29) is 0 Å². The highest BCUT2D eigenvalue weighted by Gasteiger charge is 2.03. The average Bonchev–Trinajstić information content (AvgIpc) is 2.26. The summed E-state index contributed by atoms with van der Waals surface area (Å²) in [5.41, 5.74) is 4.03. The Bertz CT molecular complexity index is 332. The molecule has 0 fully saturated rings. The second-order valence-electron chi connectivity index (χ2n) is 3.61. The van der Waals surface area contributed by atoms with E-state index >= 15 is 0 Å². The Kier molecular flexibility index (Phi) is 5.37. The number of hydrogen-bond donors (Lipinski definition) is 1. The van der Waals surface area contributed by atoms with E-state index in [0.717, 1.165) is 16.6 Å². The first-order valence-electron chi connectivity index (χ1n) is 4.88. The molecule has 0 aliphatic rings. The Hall–Kier alpha value is -0.310. The molecule has 0 heterocycles. The molecule has 0 spiro atoms. The zero-order valence-corrected chi connectivity index (χ0v) is 11.3. The fourth-order valence-corrected chi connectivity index (χ4v) is 1.56. The molecule has 15 heavy (non-hydrogen) atoms. The summed E-state index contributed by atoms with van der Waals surface area (Å²) in [6.07, 6.45) is 0. The third kappa shape index (κ3) is 4.37. The minimum Gasteiger partial charge on any atom is -0.306 e. The minimum atomic E-state index is 0.338. The SMILES string of the molecule is C/C(=C\Cl)CN[C@H](C)c1ccc(Br)cc1. The smallest absolute Gasteiger partial charge is 0.0294 e. The van der Waals surface area contributed by atoms with Crippen molar-refractivity contribution in [1.29, 1.82) is 0 Å². The van der Waals surface area contributed by atoms with Crippen LogP contribution in [0, 0.1) is 0 Å². The van der Waals surface area contributed by atoms with Gasteiger partial charge in [0.1, 0.15) is 0 Å². The van der Waals surface area contributed by atoms with Crippen LogP contribution in [0.3, 0.4) is 0 Å². The van der Waals surface area contributed by atoms with E-state index in [1.807, 2.05) is 6.92 Å². The van der Waals surface area contributed by atoms with Crippen molar-refractivity contribution in [3.05, 3.63) is 45.4 Å². The van der Waals surface area contributed by atoms with Gasteiger partial charge in [-0.2, -0.15) is 0 Å². The van der Waals surface area contributed by atoms with Crippen molar-refractivity contribution < 1.29 is 0 Å². The van der Waals surface area contributed by atoms with Gasteiger partial charge in [0.15, 0.2) is 0 Å². The second kappa shape index (κ2) is 6.31. The number of halogens is 2. The summed E-state index contributed by atoms with van der Waals surface area (Å²) in [5.74, 6) is 0. The molecule has 0 aliphatic heterocycles.